The molecular formula is C21H21NO5. The van der Waals surface area contributed by atoms with Crippen LogP contribution in [0.3, 0.4) is 0 Å². The summed E-state index contributed by atoms with van der Waals surface area (Å²) in [5.41, 5.74) is 1.97. The van der Waals surface area contributed by atoms with Crippen LogP contribution in [0.1, 0.15) is 45.5 Å². The zero-order valence-electron chi connectivity index (χ0n) is 14.9. The second-order valence-corrected chi connectivity index (χ2v) is 6.74. The van der Waals surface area contributed by atoms with Crippen LogP contribution >= 0.6 is 0 Å². The van der Waals surface area contributed by atoms with Crippen molar-refractivity contribution in [2.75, 3.05) is 13.2 Å². The molecule has 0 N–H and O–H groups in total. The molecule has 0 radical (unpaired) electrons. The standard InChI is InChI=1S/C21H21NO5/c23-20(15-6-2-1-3-7-15)27-22-11-5-4-8-17(22)14-25-18-9-10-19-16(12-18)13-26-21(19)24/h1-3,6-7,9-10,12,17H,4-5,8,11,13-14H2/t17-/m1/s1. The quantitative estimate of drug-likeness (QED) is 0.755. The van der Waals surface area contributed by atoms with E-state index in [1.165, 1.54) is 0 Å². The van der Waals surface area contributed by atoms with E-state index in [1.807, 2.05) is 24.3 Å². The molecule has 6 nitrogen and oxygen atoms in total. The highest BCUT2D eigenvalue weighted by molar-refractivity contribution is 5.93. The summed E-state index contributed by atoms with van der Waals surface area (Å²) in [7, 11) is 0. The number of hydrogen-bond donors (Lipinski definition) is 0. The second-order valence-electron chi connectivity index (χ2n) is 6.74. The molecule has 2 heterocycles. The van der Waals surface area contributed by atoms with Crippen LogP contribution < -0.4 is 4.74 Å². The van der Waals surface area contributed by atoms with Gasteiger partial charge in [0.2, 0.25) is 0 Å². The van der Waals surface area contributed by atoms with E-state index in [4.69, 9.17) is 14.3 Å². The Bertz CT molecular complexity index is 836. The van der Waals surface area contributed by atoms with Crippen molar-refractivity contribution in [3.8, 4) is 5.75 Å². The fraction of sp³-hybridized carbons (Fsp3) is 0.333. The Morgan fingerprint density at radius 3 is 2.85 bits per heavy atom. The molecule has 1 atom stereocenters. The number of hydrogen-bond acceptors (Lipinski definition) is 6. The molecule has 2 aromatic carbocycles. The van der Waals surface area contributed by atoms with Crippen LogP contribution in [0.5, 0.6) is 5.75 Å². The maximum absolute atomic E-state index is 12.3. The zero-order valence-corrected chi connectivity index (χ0v) is 14.9. The highest BCUT2D eigenvalue weighted by Crippen LogP contribution is 2.26. The number of carbonyl (C=O) groups is 2. The smallest absolute Gasteiger partial charge is 0.357 e. The first-order chi connectivity index (χ1) is 13.2. The summed E-state index contributed by atoms with van der Waals surface area (Å²) in [6.45, 7) is 1.39. The van der Waals surface area contributed by atoms with Crippen molar-refractivity contribution in [1.82, 2.24) is 5.06 Å². The Labute approximate surface area is 157 Å². The number of rotatable bonds is 5. The number of nitrogens with zero attached hydrogens (tertiary/aromatic N) is 1. The predicted molar refractivity (Wildman–Crippen MR) is 97.3 cm³/mol. The summed E-state index contributed by atoms with van der Waals surface area (Å²) in [6, 6.07) is 14.3. The number of esters is 1. The van der Waals surface area contributed by atoms with E-state index in [2.05, 4.69) is 0 Å². The van der Waals surface area contributed by atoms with Gasteiger partial charge in [-0.15, -0.1) is 5.06 Å². The highest BCUT2D eigenvalue weighted by atomic mass is 16.7. The van der Waals surface area contributed by atoms with Gasteiger partial charge >= 0.3 is 11.9 Å². The van der Waals surface area contributed by atoms with E-state index >= 15 is 0 Å². The summed E-state index contributed by atoms with van der Waals surface area (Å²) >= 11 is 0. The number of cyclic esters (lactones) is 1. The molecule has 0 spiro atoms. The lowest BCUT2D eigenvalue weighted by atomic mass is 10.1. The van der Waals surface area contributed by atoms with Crippen LogP contribution in [0.15, 0.2) is 48.5 Å². The van der Waals surface area contributed by atoms with Crippen molar-refractivity contribution in [3.05, 3.63) is 65.2 Å². The first-order valence-corrected chi connectivity index (χ1v) is 9.17. The molecule has 2 aliphatic heterocycles. The first kappa shape index (κ1) is 17.5. The molecule has 6 heteroatoms. The van der Waals surface area contributed by atoms with Crippen molar-refractivity contribution in [2.45, 2.75) is 31.9 Å². The largest absolute Gasteiger partial charge is 0.492 e. The summed E-state index contributed by atoms with van der Waals surface area (Å²) in [5.74, 6) is 0.0467. The van der Waals surface area contributed by atoms with Crippen LogP contribution in [0.2, 0.25) is 0 Å². The van der Waals surface area contributed by atoms with Gasteiger partial charge in [0.05, 0.1) is 17.2 Å². The van der Waals surface area contributed by atoms with Gasteiger partial charge in [-0.05, 0) is 43.2 Å². The monoisotopic (exact) mass is 367 g/mol. The Hall–Kier alpha value is -2.86. The molecule has 4 rings (SSSR count). The molecule has 1 fully saturated rings. The third kappa shape index (κ3) is 3.95. The third-order valence-corrected chi connectivity index (χ3v) is 4.88. The molecule has 0 aromatic heterocycles. The highest BCUT2D eigenvalue weighted by Gasteiger charge is 2.27. The lowest BCUT2D eigenvalue weighted by molar-refractivity contribution is -0.157. The molecule has 1 saturated heterocycles. The molecule has 0 saturated carbocycles. The Morgan fingerprint density at radius 2 is 2.00 bits per heavy atom. The van der Waals surface area contributed by atoms with Gasteiger partial charge in [-0.1, -0.05) is 24.6 Å². The average Bonchev–Trinajstić information content (AvgIpc) is 3.08. The lowest BCUT2D eigenvalue weighted by Crippen LogP contribution is -2.44. The molecule has 2 aliphatic rings. The van der Waals surface area contributed by atoms with E-state index in [9.17, 15) is 9.59 Å². The number of hydroxylamine groups is 2. The van der Waals surface area contributed by atoms with Gasteiger partial charge in [-0.3, -0.25) is 0 Å². The molecule has 0 amide bonds. The van der Waals surface area contributed by atoms with Gasteiger partial charge in [0, 0.05) is 12.1 Å². The Balaban J connectivity index is 1.38. The zero-order chi connectivity index (χ0) is 18.6. The van der Waals surface area contributed by atoms with Crippen LogP contribution in [0.25, 0.3) is 0 Å². The number of benzene rings is 2. The van der Waals surface area contributed by atoms with Crippen LogP contribution in [0.4, 0.5) is 0 Å². The van der Waals surface area contributed by atoms with Crippen LogP contribution in [-0.2, 0) is 16.2 Å². The van der Waals surface area contributed by atoms with Crippen molar-refractivity contribution in [3.63, 3.8) is 0 Å². The van der Waals surface area contributed by atoms with Crippen molar-refractivity contribution in [1.29, 1.82) is 0 Å². The number of carbonyl (C=O) groups excluding carboxylic acids is 2. The van der Waals surface area contributed by atoms with Gasteiger partial charge < -0.3 is 14.3 Å². The predicted octanol–water partition coefficient (Wildman–Crippen LogP) is 3.36. The fourth-order valence-corrected chi connectivity index (χ4v) is 3.39. The van der Waals surface area contributed by atoms with E-state index in [0.717, 1.165) is 24.8 Å². The maximum Gasteiger partial charge on any atom is 0.357 e. The first-order valence-electron chi connectivity index (χ1n) is 9.17. The van der Waals surface area contributed by atoms with Crippen LogP contribution in [0, 0.1) is 0 Å². The average molecular weight is 367 g/mol. The Morgan fingerprint density at radius 1 is 1.15 bits per heavy atom. The normalized spacial score (nSPS) is 19.3. The van der Waals surface area contributed by atoms with E-state index in [-0.39, 0.29) is 24.6 Å². The van der Waals surface area contributed by atoms with Gasteiger partial charge in [0.15, 0.2) is 0 Å². The summed E-state index contributed by atoms with van der Waals surface area (Å²) in [5, 5.41) is 1.73. The molecule has 0 unspecified atom stereocenters. The van der Waals surface area contributed by atoms with Gasteiger partial charge in [0.1, 0.15) is 19.0 Å². The molecule has 27 heavy (non-hydrogen) atoms. The van der Waals surface area contributed by atoms with Crippen molar-refractivity contribution < 1.29 is 23.9 Å². The molecule has 0 aliphatic carbocycles. The lowest BCUT2D eigenvalue weighted by Gasteiger charge is -2.33. The molecular weight excluding hydrogens is 346 g/mol. The number of fused-ring (bicyclic) bond motifs is 1. The summed E-state index contributed by atoms with van der Waals surface area (Å²) in [6.07, 6.45) is 2.95. The maximum atomic E-state index is 12.3. The van der Waals surface area contributed by atoms with Crippen molar-refractivity contribution >= 4 is 11.9 Å². The van der Waals surface area contributed by atoms with E-state index in [1.54, 1.807) is 29.3 Å². The molecule has 2 aromatic rings. The van der Waals surface area contributed by atoms with Gasteiger partial charge in [-0.25, -0.2) is 9.59 Å². The van der Waals surface area contributed by atoms with Gasteiger partial charge in [-0.2, -0.15) is 0 Å². The molecule has 0 bridgehead atoms. The number of ether oxygens (including phenoxy) is 2. The Kier molecular flexibility index (Phi) is 5.07. The minimum absolute atomic E-state index is 0.00227. The summed E-state index contributed by atoms with van der Waals surface area (Å²) < 4.78 is 10.9. The molecule has 140 valence electrons. The van der Waals surface area contributed by atoms with Crippen molar-refractivity contribution in [2.24, 2.45) is 0 Å². The number of piperidine rings is 1. The topological polar surface area (TPSA) is 65.1 Å². The summed E-state index contributed by atoms with van der Waals surface area (Å²) in [4.78, 5) is 29.5. The fourth-order valence-electron chi connectivity index (χ4n) is 3.39. The third-order valence-electron chi connectivity index (χ3n) is 4.88. The van der Waals surface area contributed by atoms with E-state index in [0.29, 0.717) is 30.0 Å². The van der Waals surface area contributed by atoms with E-state index < -0.39 is 0 Å². The van der Waals surface area contributed by atoms with Gasteiger partial charge in [0.25, 0.3) is 0 Å². The SMILES string of the molecule is O=C(ON1CCCC[C@@H]1COc1ccc2c(c1)COC2=O)c1ccccc1. The minimum atomic E-state index is -0.351. The minimum Gasteiger partial charge on any atom is -0.492 e. The van der Waals surface area contributed by atoms with Crippen LogP contribution in [-0.4, -0.2) is 36.2 Å². The second kappa shape index (κ2) is 7.80.